The third-order valence-corrected chi connectivity index (χ3v) is 3.53. The maximum atomic E-state index is 5.77. The van der Waals surface area contributed by atoms with E-state index in [1.165, 1.54) is 25.9 Å². The Balaban J connectivity index is 2.54. The molecule has 14 heavy (non-hydrogen) atoms. The summed E-state index contributed by atoms with van der Waals surface area (Å²) >= 11 is 0. The van der Waals surface area contributed by atoms with Crippen molar-refractivity contribution in [2.75, 3.05) is 26.4 Å². The van der Waals surface area contributed by atoms with Crippen molar-refractivity contribution in [3.63, 3.8) is 0 Å². The highest BCUT2D eigenvalue weighted by Gasteiger charge is 2.42. The zero-order valence-electron chi connectivity index (χ0n) is 10.3. The second-order valence-corrected chi connectivity index (χ2v) is 5.51. The van der Waals surface area contributed by atoms with E-state index in [1.807, 2.05) is 0 Å². The summed E-state index contributed by atoms with van der Waals surface area (Å²) in [6.07, 6.45) is 3.86. The summed E-state index contributed by atoms with van der Waals surface area (Å²) in [5.41, 5.74) is 0.338. The Kier molecular flexibility index (Phi) is 3.96. The fourth-order valence-electron chi connectivity index (χ4n) is 2.32. The number of nitrogens with zero attached hydrogens (tertiary/aromatic N) is 1. The van der Waals surface area contributed by atoms with Crippen molar-refractivity contribution in [3.8, 4) is 0 Å². The smallest absolute Gasteiger partial charge is 0.183 e. The fraction of sp³-hybridized carbons (Fsp3) is 1.00. The molecule has 0 N–H and O–H groups in total. The molecule has 2 nitrogen and oxygen atoms in total. The van der Waals surface area contributed by atoms with Crippen LogP contribution in [0.3, 0.4) is 0 Å². The van der Waals surface area contributed by atoms with Gasteiger partial charge in [0.25, 0.3) is 0 Å². The summed E-state index contributed by atoms with van der Waals surface area (Å²) in [6.45, 7) is 13.6. The van der Waals surface area contributed by atoms with Crippen LogP contribution in [0.2, 0.25) is 0 Å². The van der Waals surface area contributed by atoms with Crippen LogP contribution in [0.5, 0.6) is 0 Å². The Morgan fingerprint density at radius 2 is 1.71 bits per heavy atom. The second kappa shape index (κ2) is 4.63. The molecule has 1 aliphatic rings. The van der Waals surface area contributed by atoms with Crippen LogP contribution in [-0.4, -0.2) is 36.4 Å². The minimum atomic E-state index is 0.338. The van der Waals surface area contributed by atoms with Gasteiger partial charge in [0.05, 0.1) is 25.2 Å². The van der Waals surface area contributed by atoms with Gasteiger partial charge < -0.3 is 4.74 Å². The zero-order chi connectivity index (χ0) is 10.7. The molecule has 84 valence electrons. The van der Waals surface area contributed by atoms with E-state index in [4.69, 9.17) is 4.74 Å². The Labute approximate surface area is 88.8 Å². The van der Waals surface area contributed by atoms with Crippen molar-refractivity contribution in [1.82, 2.24) is 0 Å². The van der Waals surface area contributed by atoms with E-state index in [1.54, 1.807) is 0 Å². The molecule has 0 atom stereocenters. The quantitative estimate of drug-likeness (QED) is 0.501. The first kappa shape index (κ1) is 12.0. The molecule has 1 saturated heterocycles. The summed E-state index contributed by atoms with van der Waals surface area (Å²) in [6, 6.07) is 0. The first-order valence-electron chi connectivity index (χ1n) is 5.96. The van der Waals surface area contributed by atoms with Crippen LogP contribution >= 0.6 is 0 Å². The van der Waals surface area contributed by atoms with Crippen LogP contribution in [0.1, 0.15) is 47.0 Å². The second-order valence-electron chi connectivity index (χ2n) is 5.51. The van der Waals surface area contributed by atoms with Crippen LogP contribution in [0.15, 0.2) is 0 Å². The van der Waals surface area contributed by atoms with Crippen LogP contribution in [0.25, 0.3) is 0 Å². The first-order valence-corrected chi connectivity index (χ1v) is 5.96. The van der Waals surface area contributed by atoms with Gasteiger partial charge in [0.1, 0.15) is 0 Å². The SMILES string of the molecule is CCCOC[N+]1(C(C)(C)C)CCCC1. The van der Waals surface area contributed by atoms with Crippen LogP contribution < -0.4 is 0 Å². The van der Waals surface area contributed by atoms with Crippen molar-refractivity contribution in [1.29, 1.82) is 0 Å². The van der Waals surface area contributed by atoms with Gasteiger partial charge >= 0.3 is 0 Å². The predicted octanol–water partition coefficient (Wildman–Crippen LogP) is 2.78. The summed E-state index contributed by atoms with van der Waals surface area (Å²) in [4.78, 5) is 0. The molecule has 1 rings (SSSR count). The number of hydrogen-bond acceptors (Lipinski definition) is 1. The summed E-state index contributed by atoms with van der Waals surface area (Å²) in [5, 5.41) is 0. The lowest BCUT2D eigenvalue weighted by Crippen LogP contribution is -2.59. The molecule has 0 unspecified atom stereocenters. The van der Waals surface area contributed by atoms with Crippen molar-refractivity contribution >= 4 is 0 Å². The third kappa shape index (κ3) is 2.48. The Hall–Kier alpha value is -0.0800. The van der Waals surface area contributed by atoms with E-state index in [2.05, 4.69) is 27.7 Å². The van der Waals surface area contributed by atoms with E-state index in [0.29, 0.717) is 5.54 Å². The van der Waals surface area contributed by atoms with Gasteiger partial charge in [0, 0.05) is 12.8 Å². The van der Waals surface area contributed by atoms with Crippen LogP contribution in [0.4, 0.5) is 0 Å². The summed E-state index contributed by atoms with van der Waals surface area (Å²) in [5.74, 6) is 0. The molecule has 1 fully saturated rings. The van der Waals surface area contributed by atoms with Crippen molar-refractivity contribution in [2.45, 2.75) is 52.5 Å². The number of hydrogen-bond donors (Lipinski definition) is 0. The number of quaternary nitrogens is 1. The normalized spacial score (nSPS) is 21.4. The van der Waals surface area contributed by atoms with Gasteiger partial charge in [-0.2, -0.15) is 0 Å². The van der Waals surface area contributed by atoms with Gasteiger partial charge in [-0.1, -0.05) is 6.92 Å². The minimum Gasteiger partial charge on any atom is -0.332 e. The van der Waals surface area contributed by atoms with Crippen molar-refractivity contribution in [2.24, 2.45) is 0 Å². The van der Waals surface area contributed by atoms with Gasteiger partial charge in [-0.25, -0.2) is 0 Å². The molecular formula is C12H26NO+. The average molecular weight is 200 g/mol. The van der Waals surface area contributed by atoms with Gasteiger partial charge in [0.15, 0.2) is 6.73 Å². The highest BCUT2D eigenvalue weighted by Crippen LogP contribution is 2.30. The van der Waals surface area contributed by atoms with Crippen molar-refractivity contribution in [3.05, 3.63) is 0 Å². The highest BCUT2D eigenvalue weighted by atomic mass is 16.5. The number of likely N-dealkylation sites (tertiary alicyclic amines) is 1. The number of rotatable bonds is 4. The zero-order valence-corrected chi connectivity index (χ0v) is 10.3. The first-order chi connectivity index (χ1) is 6.52. The largest absolute Gasteiger partial charge is 0.332 e. The predicted molar refractivity (Wildman–Crippen MR) is 60.1 cm³/mol. The topological polar surface area (TPSA) is 9.23 Å². The Morgan fingerprint density at radius 1 is 1.14 bits per heavy atom. The van der Waals surface area contributed by atoms with Crippen LogP contribution in [0, 0.1) is 0 Å². The molecule has 0 spiro atoms. The molecule has 0 saturated carbocycles. The summed E-state index contributed by atoms with van der Waals surface area (Å²) in [7, 11) is 0. The molecular weight excluding hydrogens is 174 g/mol. The maximum absolute atomic E-state index is 5.77. The maximum Gasteiger partial charge on any atom is 0.183 e. The monoisotopic (exact) mass is 200 g/mol. The molecule has 1 aliphatic heterocycles. The fourth-order valence-corrected chi connectivity index (χ4v) is 2.32. The molecule has 0 aromatic carbocycles. The molecule has 2 heteroatoms. The highest BCUT2D eigenvalue weighted by molar-refractivity contribution is 4.67. The lowest BCUT2D eigenvalue weighted by molar-refractivity contribution is -0.976. The summed E-state index contributed by atoms with van der Waals surface area (Å²) < 4.78 is 6.93. The average Bonchev–Trinajstić information content (AvgIpc) is 2.53. The van der Waals surface area contributed by atoms with Gasteiger partial charge in [-0.05, 0) is 27.2 Å². The lowest BCUT2D eigenvalue weighted by Gasteiger charge is -2.45. The van der Waals surface area contributed by atoms with E-state index >= 15 is 0 Å². The van der Waals surface area contributed by atoms with E-state index in [-0.39, 0.29) is 0 Å². The molecule has 0 aliphatic carbocycles. The third-order valence-electron chi connectivity index (χ3n) is 3.53. The molecule has 0 aromatic heterocycles. The van der Waals surface area contributed by atoms with Gasteiger partial charge in [0.2, 0.25) is 0 Å². The molecule has 0 amide bonds. The minimum absolute atomic E-state index is 0.338. The Bertz CT molecular complexity index is 166. The molecule has 0 radical (unpaired) electrons. The number of ether oxygens (including phenoxy) is 1. The van der Waals surface area contributed by atoms with E-state index in [0.717, 1.165) is 24.2 Å². The Morgan fingerprint density at radius 3 is 2.14 bits per heavy atom. The van der Waals surface area contributed by atoms with E-state index < -0.39 is 0 Å². The molecule has 1 heterocycles. The van der Waals surface area contributed by atoms with Crippen molar-refractivity contribution < 1.29 is 9.22 Å². The van der Waals surface area contributed by atoms with Crippen LogP contribution in [-0.2, 0) is 4.74 Å². The van der Waals surface area contributed by atoms with E-state index in [9.17, 15) is 0 Å². The van der Waals surface area contributed by atoms with Gasteiger partial charge in [-0.15, -0.1) is 0 Å². The lowest BCUT2D eigenvalue weighted by atomic mass is 10.0. The molecule has 0 bridgehead atoms. The standard InChI is InChI=1S/C12H26NO/c1-5-10-14-11-13(12(2,3)4)8-6-7-9-13/h5-11H2,1-4H3/q+1. The van der Waals surface area contributed by atoms with Gasteiger partial charge in [-0.3, -0.25) is 4.48 Å². The molecule has 0 aromatic rings.